The van der Waals surface area contributed by atoms with Crippen molar-refractivity contribution >= 4 is 36.5 Å². The van der Waals surface area contributed by atoms with Crippen LogP contribution >= 0.6 is 24.8 Å². The van der Waals surface area contributed by atoms with Gasteiger partial charge in [0.05, 0.1) is 0 Å². The van der Waals surface area contributed by atoms with Crippen molar-refractivity contribution in [2.24, 2.45) is 5.73 Å². The Labute approximate surface area is 161 Å². The van der Waals surface area contributed by atoms with E-state index in [9.17, 15) is 4.79 Å². The summed E-state index contributed by atoms with van der Waals surface area (Å²) in [4.78, 5) is 21.2. The molecule has 1 fully saturated rings. The van der Waals surface area contributed by atoms with E-state index < -0.39 is 5.54 Å². The Morgan fingerprint density at radius 3 is 2.16 bits per heavy atom. The van der Waals surface area contributed by atoms with Gasteiger partial charge in [-0.3, -0.25) is 4.79 Å². The minimum Gasteiger partial charge on any atom is -0.353 e. The van der Waals surface area contributed by atoms with Crippen LogP contribution in [0.15, 0.2) is 54.7 Å². The van der Waals surface area contributed by atoms with Crippen LogP contribution in [0.1, 0.15) is 12.5 Å². The molecule has 1 aliphatic rings. The number of pyridine rings is 1. The lowest BCUT2D eigenvalue weighted by molar-refractivity contribution is -0.137. The Hall–Kier alpha value is -1.82. The molecule has 136 valence electrons. The van der Waals surface area contributed by atoms with Crippen LogP contribution in [0.25, 0.3) is 0 Å². The molecule has 0 spiro atoms. The summed E-state index contributed by atoms with van der Waals surface area (Å²) in [6.45, 7) is 4.65. The number of amides is 1. The van der Waals surface area contributed by atoms with Crippen LogP contribution in [0.5, 0.6) is 0 Å². The number of carbonyl (C=O) groups excluding carboxylic acids is 1. The molecule has 0 bridgehead atoms. The number of aromatic nitrogens is 1. The van der Waals surface area contributed by atoms with Gasteiger partial charge in [0.25, 0.3) is 0 Å². The monoisotopic (exact) mass is 382 g/mol. The minimum atomic E-state index is -0.992. The fourth-order valence-electron chi connectivity index (χ4n) is 2.92. The molecule has 3 rings (SSSR count). The summed E-state index contributed by atoms with van der Waals surface area (Å²) in [6.07, 6.45) is 1.79. The van der Waals surface area contributed by atoms with Gasteiger partial charge in [-0.2, -0.15) is 0 Å². The number of halogens is 2. The van der Waals surface area contributed by atoms with Gasteiger partial charge in [-0.1, -0.05) is 36.4 Å². The Kier molecular flexibility index (Phi) is 7.67. The first-order chi connectivity index (χ1) is 11.1. The van der Waals surface area contributed by atoms with E-state index in [1.54, 1.807) is 13.1 Å². The van der Waals surface area contributed by atoms with Gasteiger partial charge in [0.15, 0.2) is 0 Å². The van der Waals surface area contributed by atoms with Crippen LogP contribution in [-0.2, 0) is 10.3 Å². The number of hydrogen-bond donors (Lipinski definition) is 1. The van der Waals surface area contributed by atoms with Crippen molar-refractivity contribution in [2.75, 3.05) is 31.1 Å². The molecule has 1 unspecified atom stereocenters. The minimum absolute atomic E-state index is 0. The van der Waals surface area contributed by atoms with E-state index in [0.29, 0.717) is 13.1 Å². The number of hydrogen-bond acceptors (Lipinski definition) is 4. The first kappa shape index (κ1) is 21.2. The largest absolute Gasteiger partial charge is 0.353 e. The predicted molar refractivity (Wildman–Crippen MR) is 106 cm³/mol. The number of nitrogens with two attached hydrogens (primary N) is 1. The molecule has 25 heavy (non-hydrogen) atoms. The van der Waals surface area contributed by atoms with E-state index in [1.165, 1.54) is 0 Å². The van der Waals surface area contributed by atoms with Gasteiger partial charge < -0.3 is 15.5 Å². The van der Waals surface area contributed by atoms with E-state index in [4.69, 9.17) is 5.73 Å². The summed E-state index contributed by atoms with van der Waals surface area (Å²) >= 11 is 0. The summed E-state index contributed by atoms with van der Waals surface area (Å²) in [6, 6.07) is 15.4. The molecule has 2 aromatic rings. The van der Waals surface area contributed by atoms with Crippen molar-refractivity contribution in [3.63, 3.8) is 0 Å². The van der Waals surface area contributed by atoms with Crippen LogP contribution in [0.2, 0.25) is 0 Å². The van der Waals surface area contributed by atoms with Gasteiger partial charge in [0.1, 0.15) is 11.4 Å². The highest BCUT2D eigenvalue weighted by atomic mass is 35.5. The lowest BCUT2D eigenvalue weighted by Crippen LogP contribution is -2.56. The molecule has 2 N–H and O–H groups in total. The van der Waals surface area contributed by atoms with E-state index in [2.05, 4.69) is 9.88 Å². The maximum Gasteiger partial charge on any atom is 0.247 e. The fraction of sp³-hybridized carbons (Fsp3) is 0.333. The molecular weight excluding hydrogens is 359 g/mol. The fourth-order valence-corrected chi connectivity index (χ4v) is 2.92. The summed E-state index contributed by atoms with van der Waals surface area (Å²) in [5.41, 5.74) is 6.19. The Balaban J connectivity index is 0.00000156. The Bertz CT molecular complexity index is 659. The highest BCUT2D eigenvalue weighted by Gasteiger charge is 2.35. The molecule has 0 aliphatic carbocycles. The van der Waals surface area contributed by atoms with Crippen LogP contribution in [0.4, 0.5) is 5.82 Å². The lowest BCUT2D eigenvalue weighted by atomic mass is 9.91. The first-order valence-corrected chi connectivity index (χ1v) is 7.89. The van der Waals surface area contributed by atoms with Gasteiger partial charge in [-0.15, -0.1) is 24.8 Å². The third-order valence-corrected chi connectivity index (χ3v) is 4.36. The number of carbonyl (C=O) groups is 1. The average molecular weight is 383 g/mol. The van der Waals surface area contributed by atoms with Crippen LogP contribution in [0, 0.1) is 0 Å². The molecule has 1 aromatic carbocycles. The quantitative estimate of drug-likeness (QED) is 0.885. The summed E-state index contributed by atoms with van der Waals surface area (Å²) in [7, 11) is 0. The zero-order valence-electron chi connectivity index (χ0n) is 14.2. The molecule has 0 radical (unpaired) electrons. The number of benzene rings is 1. The first-order valence-electron chi connectivity index (χ1n) is 7.89. The SMILES string of the molecule is CC(N)(C(=O)N1CCN(c2ccccn2)CC1)c1ccccc1.Cl.Cl. The third kappa shape index (κ3) is 4.63. The summed E-state index contributed by atoms with van der Waals surface area (Å²) in [5.74, 6) is 0.933. The van der Waals surface area contributed by atoms with E-state index in [0.717, 1.165) is 24.5 Å². The van der Waals surface area contributed by atoms with E-state index in [1.807, 2.05) is 53.4 Å². The summed E-state index contributed by atoms with van der Waals surface area (Å²) in [5, 5.41) is 0. The van der Waals surface area contributed by atoms with E-state index >= 15 is 0 Å². The zero-order valence-corrected chi connectivity index (χ0v) is 15.8. The maximum absolute atomic E-state index is 12.8. The number of rotatable bonds is 3. The standard InChI is InChI=1S/C18H22N4O.2ClH/c1-18(19,15-7-3-2-4-8-15)17(23)22-13-11-21(12-14-22)16-9-5-6-10-20-16;;/h2-10H,11-14,19H2,1H3;2*1H. The summed E-state index contributed by atoms with van der Waals surface area (Å²) < 4.78 is 0. The molecule has 1 aliphatic heterocycles. The molecule has 1 aromatic heterocycles. The van der Waals surface area contributed by atoms with Gasteiger partial charge >= 0.3 is 0 Å². The second-order valence-electron chi connectivity index (χ2n) is 6.04. The van der Waals surface area contributed by atoms with Crippen LogP contribution < -0.4 is 10.6 Å². The molecule has 1 atom stereocenters. The molecule has 1 amide bonds. The highest BCUT2D eigenvalue weighted by molar-refractivity contribution is 5.87. The van der Waals surface area contributed by atoms with Crippen molar-refractivity contribution in [3.05, 3.63) is 60.3 Å². The molecule has 1 saturated heterocycles. The topological polar surface area (TPSA) is 62.5 Å². The second-order valence-corrected chi connectivity index (χ2v) is 6.04. The van der Waals surface area contributed by atoms with Crippen LogP contribution in [0.3, 0.4) is 0 Å². The molecule has 2 heterocycles. The molecular formula is C18H24Cl2N4O. The van der Waals surface area contributed by atoms with Gasteiger partial charge in [-0.05, 0) is 24.6 Å². The number of piperazine rings is 1. The van der Waals surface area contributed by atoms with Crippen molar-refractivity contribution in [1.82, 2.24) is 9.88 Å². The zero-order chi connectivity index (χ0) is 16.3. The lowest BCUT2D eigenvalue weighted by Gasteiger charge is -2.39. The maximum atomic E-state index is 12.8. The number of anilines is 1. The Morgan fingerprint density at radius 1 is 1.00 bits per heavy atom. The highest BCUT2D eigenvalue weighted by Crippen LogP contribution is 2.22. The number of nitrogens with zero attached hydrogens (tertiary/aromatic N) is 3. The average Bonchev–Trinajstić information content (AvgIpc) is 2.63. The second kappa shape index (κ2) is 9.04. The molecule has 5 nitrogen and oxygen atoms in total. The third-order valence-electron chi connectivity index (χ3n) is 4.36. The van der Waals surface area contributed by atoms with Crippen molar-refractivity contribution in [2.45, 2.75) is 12.5 Å². The predicted octanol–water partition coefficient (Wildman–Crippen LogP) is 2.45. The van der Waals surface area contributed by atoms with Crippen molar-refractivity contribution in [3.8, 4) is 0 Å². The van der Waals surface area contributed by atoms with Crippen molar-refractivity contribution in [1.29, 1.82) is 0 Å². The normalized spacial score (nSPS) is 16.2. The molecule has 7 heteroatoms. The Morgan fingerprint density at radius 2 is 1.60 bits per heavy atom. The smallest absolute Gasteiger partial charge is 0.247 e. The van der Waals surface area contributed by atoms with Crippen molar-refractivity contribution < 1.29 is 4.79 Å². The van der Waals surface area contributed by atoms with E-state index in [-0.39, 0.29) is 30.7 Å². The van der Waals surface area contributed by atoms with Gasteiger partial charge in [0.2, 0.25) is 5.91 Å². The van der Waals surface area contributed by atoms with Crippen LogP contribution in [-0.4, -0.2) is 42.0 Å². The van der Waals surface area contributed by atoms with Gasteiger partial charge in [0, 0.05) is 32.4 Å². The van der Waals surface area contributed by atoms with Gasteiger partial charge in [-0.25, -0.2) is 4.98 Å². The molecule has 0 saturated carbocycles.